The zero-order valence-corrected chi connectivity index (χ0v) is 16.4. The molecule has 5 rings (SSSR count). The van der Waals surface area contributed by atoms with Crippen molar-refractivity contribution in [2.75, 3.05) is 5.32 Å². The van der Waals surface area contributed by atoms with Gasteiger partial charge >= 0.3 is 0 Å². The number of aryl methyl sites for hydroxylation is 1. The fourth-order valence-corrected chi connectivity index (χ4v) is 3.60. The Hall–Kier alpha value is -4.06. The molecule has 6 heteroatoms. The molecule has 0 spiro atoms. The van der Waals surface area contributed by atoms with Crippen molar-refractivity contribution in [3.63, 3.8) is 0 Å². The third kappa shape index (κ3) is 3.39. The number of nitrogens with zero attached hydrogens (tertiary/aromatic N) is 4. The molecule has 0 aliphatic carbocycles. The summed E-state index contributed by atoms with van der Waals surface area (Å²) in [5, 5.41) is 5.08. The van der Waals surface area contributed by atoms with E-state index in [0.717, 1.165) is 33.1 Å². The molecule has 0 saturated heterocycles. The largest absolute Gasteiger partial charge is 0.324 e. The van der Waals surface area contributed by atoms with Gasteiger partial charge in [-0.15, -0.1) is 0 Å². The molecule has 2 aromatic carbocycles. The maximum absolute atomic E-state index is 12.9. The summed E-state index contributed by atoms with van der Waals surface area (Å²) in [6.07, 6.45) is 4.10. The van der Waals surface area contributed by atoms with Crippen LogP contribution in [0.25, 0.3) is 21.9 Å². The van der Waals surface area contributed by atoms with Gasteiger partial charge in [0.1, 0.15) is 5.65 Å². The Bertz CT molecular complexity index is 1430. The maximum Gasteiger partial charge on any atom is 0.255 e. The molecule has 0 radical (unpaired) electrons. The second-order valence-corrected chi connectivity index (χ2v) is 7.20. The molecule has 0 unspecified atom stereocenters. The highest BCUT2D eigenvalue weighted by Gasteiger charge is 2.10. The van der Waals surface area contributed by atoms with E-state index in [2.05, 4.69) is 20.3 Å². The fraction of sp³-hybridized carbons (Fsp3) is 0.0833. The van der Waals surface area contributed by atoms with Crippen LogP contribution >= 0.6 is 0 Å². The van der Waals surface area contributed by atoms with E-state index in [9.17, 15) is 4.79 Å². The Balaban J connectivity index is 1.50. The van der Waals surface area contributed by atoms with Crippen molar-refractivity contribution in [1.29, 1.82) is 0 Å². The van der Waals surface area contributed by atoms with Crippen LogP contribution < -0.4 is 10.9 Å². The number of aromatic nitrogens is 4. The maximum atomic E-state index is 12.9. The molecule has 1 N–H and O–H groups in total. The van der Waals surface area contributed by atoms with Crippen molar-refractivity contribution in [3.05, 3.63) is 101 Å². The van der Waals surface area contributed by atoms with Gasteiger partial charge in [-0.25, -0.2) is 4.98 Å². The van der Waals surface area contributed by atoms with Crippen LogP contribution in [-0.2, 0) is 13.5 Å². The molecule has 0 saturated carbocycles. The first-order chi connectivity index (χ1) is 14.7. The number of nitrogens with one attached hydrogen (secondary N) is 1. The van der Waals surface area contributed by atoms with Gasteiger partial charge in [0, 0.05) is 47.9 Å². The summed E-state index contributed by atoms with van der Waals surface area (Å²) >= 11 is 0. The van der Waals surface area contributed by atoms with Crippen molar-refractivity contribution in [2.45, 2.75) is 6.42 Å². The first-order valence-corrected chi connectivity index (χ1v) is 9.69. The average molecular weight is 393 g/mol. The third-order valence-corrected chi connectivity index (χ3v) is 5.12. The Morgan fingerprint density at radius 2 is 1.80 bits per heavy atom. The molecule has 146 valence electrons. The highest BCUT2D eigenvalue weighted by atomic mass is 16.1. The molecule has 6 nitrogen and oxygen atoms in total. The van der Waals surface area contributed by atoms with Crippen LogP contribution in [0.4, 0.5) is 11.6 Å². The van der Waals surface area contributed by atoms with Crippen LogP contribution in [0.2, 0.25) is 0 Å². The average Bonchev–Trinajstić information content (AvgIpc) is 2.78. The molecule has 3 aromatic heterocycles. The Labute approximate surface area is 172 Å². The summed E-state index contributed by atoms with van der Waals surface area (Å²) < 4.78 is 1.59. The van der Waals surface area contributed by atoms with E-state index in [4.69, 9.17) is 0 Å². The molecule has 0 aliphatic heterocycles. The zero-order chi connectivity index (χ0) is 20.5. The predicted octanol–water partition coefficient (Wildman–Crippen LogP) is 4.21. The van der Waals surface area contributed by atoms with Crippen LogP contribution in [0.1, 0.15) is 11.1 Å². The molecule has 0 amide bonds. The molecular formula is C24H19N5O. The van der Waals surface area contributed by atoms with Crippen LogP contribution in [0.5, 0.6) is 0 Å². The lowest BCUT2D eigenvalue weighted by Crippen LogP contribution is -2.22. The van der Waals surface area contributed by atoms with Crippen molar-refractivity contribution < 1.29 is 0 Å². The van der Waals surface area contributed by atoms with Gasteiger partial charge < -0.3 is 5.32 Å². The summed E-state index contributed by atoms with van der Waals surface area (Å²) in [5.74, 6) is 0.441. The second-order valence-electron chi connectivity index (χ2n) is 7.20. The van der Waals surface area contributed by atoms with Crippen LogP contribution in [0.15, 0.2) is 83.9 Å². The predicted molar refractivity (Wildman–Crippen MR) is 119 cm³/mol. The van der Waals surface area contributed by atoms with Crippen molar-refractivity contribution in [3.8, 4) is 0 Å². The van der Waals surface area contributed by atoms with Gasteiger partial charge in [-0.05, 0) is 35.9 Å². The number of hydrogen-bond acceptors (Lipinski definition) is 5. The van der Waals surface area contributed by atoms with Gasteiger partial charge in [0.05, 0.1) is 5.52 Å². The van der Waals surface area contributed by atoms with Gasteiger partial charge in [-0.1, -0.05) is 36.4 Å². The minimum atomic E-state index is -0.0483. The van der Waals surface area contributed by atoms with Crippen LogP contribution in [0, 0.1) is 0 Å². The van der Waals surface area contributed by atoms with E-state index in [1.165, 1.54) is 0 Å². The molecule has 0 aliphatic rings. The number of anilines is 2. The summed E-state index contributed by atoms with van der Waals surface area (Å²) in [4.78, 5) is 26.2. The number of fused-ring (bicyclic) bond motifs is 2. The highest BCUT2D eigenvalue weighted by Crippen LogP contribution is 2.21. The number of pyridine rings is 2. The van der Waals surface area contributed by atoms with Gasteiger partial charge in [0.15, 0.2) is 0 Å². The van der Waals surface area contributed by atoms with Crippen LogP contribution in [-0.4, -0.2) is 19.5 Å². The van der Waals surface area contributed by atoms with Gasteiger partial charge in [-0.3, -0.25) is 14.3 Å². The number of benzene rings is 2. The minimum absolute atomic E-state index is 0.0483. The van der Waals surface area contributed by atoms with E-state index < -0.39 is 0 Å². The van der Waals surface area contributed by atoms with Gasteiger partial charge in [-0.2, -0.15) is 4.98 Å². The van der Waals surface area contributed by atoms with E-state index in [1.807, 2.05) is 66.7 Å². The standard InChI is InChI=1S/C24H19N5O/c1-29-22-19(13-18(23(29)30)12-16-6-3-2-4-7-16)15-26-24(28-22)27-20-9-10-21-17(14-20)8-5-11-25-21/h2-11,13-15H,12H2,1H3,(H,26,27,28). The minimum Gasteiger partial charge on any atom is -0.324 e. The number of hydrogen-bond donors (Lipinski definition) is 1. The normalized spacial score (nSPS) is 11.1. The van der Waals surface area contributed by atoms with Crippen molar-refractivity contribution >= 4 is 33.6 Å². The Kier molecular flexibility index (Phi) is 4.44. The van der Waals surface area contributed by atoms with E-state index in [0.29, 0.717) is 18.0 Å². The molecule has 3 heterocycles. The molecule has 30 heavy (non-hydrogen) atoms. The Morgan fingerprint density at radius 1 is 0.933 bits per heavy atom. The van der Waals surface area contributed by atoms with Gasteiger partial charge in [0.25, 0.3) is 5.56 Å². The topological polar surface area (TPSA) is 72.7 Å². The smallest absolute Gasteiger partial charge is 0.255 e. The lowest BCUT2D eigenvalue weighted by atomic mass is 10.1. The summed E-state index contributed by atoms with van der Waals surface area (Å²) in [6.45, 7) is 0. The van der Waals surface area contributed by atoms with Crippen molar-refractivity contribution in [1.82, 2.24) is 19.5 Å². The third-order valence-electron chi connectivity index (χ3n) is 5.12. The summed E-state index contributed by atoms with van der Waals surface area (Å²) in [5.41, 5.74) is 4.16. The fourth-order valence-electron chi connectivity index (χ4n) is 3.60. The van der Waals surface area contributed by atoms with E-state index in [-0.39, 0.29) is 5.56 Å². The molecule has 0 fully saturated rings. The monoisotopic (exact) mass is 393 g/mol. The molecule has 0 atom stereocenters. The lowest BCUT2D eigenvalue weighted by Gasteiger charge is -2.10. The Morgan fingerprint density at radius 3 is 2.67 bits per heavy atom. The van der Waals surface area contributed by atoms with E-state index >= 15 is 0 Å². The first kappa shape index (κ1) is 18.0. The van der Waals surface area contributed by atoms with Crippen molar-refractivity contribution in [2.24, 2.45) is 7.05 Å². The van der Waals surface area contributed by atoms with E-state index in [1.54, 1.807) is 24.0 Å². The second kappa shape index (κ2) is 7.40. The number of rotatable bonds is 4. The highest BCUT2D eigenvalue weighted by molar-refractivity contribution is 5.83. The van der Waals surface area contributed by atoms with Gasteiger partial charge in [0.2, 0.25) is 5.95 Å². The quantitative estimate of drug-likeness (QED) is 0.495. The first-order valence-electron chi connectivity index (χ1n) is 9.69. The molecule has 5 aromatic rings. The zero-order valence-electron chi connectivity index (χ0n) is 16.4. The summed E-state index contributed by atoms with van der Waals surface area (Å²) in [7, 11) is 1.75. The summed E-state index contributed by atoms with van der Waals surface area (Å²) in [6, 6.07) is 21.6. The molecular weight excluding hydrogens is 374 g/mol. The van der Waals surface area contributed by atoms with Crippen LogP contribution in [0.3, 0.4) is 0 Å². The molecule has 0 bridgehead atoms. The lowest BCUT2D eigenvalue weighted by molar-refractivity contribution is 0.863. The SMILES string of the molecule is Cn1c(=O)c(Cc2ccccc2)cc2cnc(Nc3ccc4ncccc4c3)nc21.